The molecule has 1 heterocycles. The van der Waals surface area contributed by atoms with Crippen LogP contribution in [0.25, 0.3) is 0 Å². The topological polar surface area (TPSA) is 85.5 Å². The van der Waals surface area contributed by atoms with Gasteiger partial charge in [0.1, 0.15) is 5.75 Å². The van der Waals surface area contributed by atoms with E-state index in [0.29, 0.717) is 11.4 Å². The number of rotatable bonds is 8. The molecule has 0 unspecified atom stereocenters. The first kappa shape index (κ1) is 17.8. The number of hydrogen-bond acceptors (Lipinski definition) is 5. The summed E-state index contributed by atoms with van der Waals surface area (Å²) >= 11 is 1.35. The van der Waals surface area contributed by atoms with E-state index in [1.165, 1.54) is 11.8 Å². The van der Waals surface area contributed by atoms with Gasteiger partial charge in [0, 0.05) is 24.8 Å². The van der Waals surface area contributed by atoms with E-state index < -0.39 is 5.91 Å². The number of carbonyl (C=O) groups is 2. The first-order valence-corrected chi connectivity index (χ1v) is 8.35. The van der Waals surface area contributed by atoms with Crippen molar-refractivity contribution in [2.75, 3.05) is 24.3 Å². The highest BCUT2D eigenvalue weighted by Gasteiger charge is 2.17. The number of primary amides is 1. The molecule has 0 aliphatic rings. The maximum atomic E-state index is 12.6. The zero-order valence-corrected chi connectivity index (χ0v) is 14.2. The second-order valence-corrected chi connectivity index (χ2v) is 5.91. The number of thioether (sulfide) groups is 1. The van der Waals surface area contributed by atoms with Gasteiger partial charge in [0.05, 0.1) is 17.9 Å². The number of pyridine rings is 1. The van der Waals surface area contributed by atoms with Gasteiger partial charge in [0.2, 0.25) is 11.8 Å². The number of methoxy groups -OCH3 is 1. The van der Waals surface area contributed by atoms with Crippen LogP contribution in [0.5, 0.6) is 5.75 Å². The molecule has 126 valence electrons. The predicted octanol–water partition coefficient (Wildman–Crippen LogP) is 2.09. The Bertz CT molecular complexity index is 677. The summed E-state index contributed by atoms with van der Waals surface area (Å²) in [6, 6.07) is 12.6. The van der Waals surface area contributed by atoms with Gasteiger partial charge in [-0.3, -0.25) is 9.59 Å². The van der Waals surface area contributed by atoms with Crippen LogP contribution in [-0.2, 0) is 9.59 Å². The number of amides is 2. The number of nitrogens with two attached hydrogens (primary N) is 1. The van der Waals surface area contributed by atoms with Gasteiger partial charge in [0.15, 0.2) is 0 Å². The average molecular weight is 345 g/mol. The number of hydrogen-bond donors (Lipinski definition) is 1. The van der Waals surface area contributed by atoms with Crippen molar-refractivity contribution in [1.29, 1.82) is 0 Å². The Balaban J connectivity index is 2.08. The van der Waals surface area contributed by atoms with Gasteiger partial charge < -0.3 is 15.4 Å². The van der Waals surface area contributed by atoms with Crippen molar-refractivity contribution < 1.29 is 14.3 Å². The minimum Gasteiger partial charge on any atom is -0.497 e. The van der Waals surface area contributed by atoms with Crippen LogP contribution in [0.4, 0.5) is 5.69 Å². The molecule has 2 amide bonds. The minimum absolute atomic E-state index is 0.103. The lowest BCUT2D eigenvalue weighted by Gasteiger charge is -2.22. The Hall–Kier alpha value is -2.54. The van der Waals surface area contributed by atoms with Crippen molar-refractivity contribution in [3.63, 3.8) is 0 Å². The Labute approximate surface area is 145 Å². The first-order valence-electron chi connectivity index (χ1n) is 7.36. The Morgan fingerprint density at radius 3 is 2.54 bits per heavy atom. The number of benzene rings is 1. The molecule has 0 aliphatic carbocycles. The van der Waals surface area contributed by atoms with E-state index in [-0.39, 0.29) is 24.6 Å². The highest BCUT2D eigenvalue weighted by atomic mass is 32.2. The fraction of sp³-hybridized carbons (Fsp3) is 0.235. The van der Waals surface area contributed by atoms with E-state index in [2.05, 4.69) is 4.98 Å². The van der Waals surface area contributed by atoms with Crippen LogP contribution in [0.3, 0.4) is 0 Å². The third-order valence-electron chi connectivity index (χ3n) is 3.25. The third-order valence-corrected chi connectivity index (χ3v) is 4.18. The van der Waals surface area contributed by atoms with E-state index in [4.69, 9.17) is 10.5 Å². The summed E-state index contributed by atoms with van der Waals surface area (Å²) in [5.74, 6) is 0.363. The van der Waals surface area contributed by atoms with Crippen LogP contribution < -0.4 is 15.4 Å². The van der Waals surface area contributed by atoms with Crippen molar-refractivity contribution in [2.24, 2.45) is 5.73 Å². The molecule has 24 heavy (non-hydrogen) atoms. The van der Waals surface area contributed by atoms with Gasteiger partial charge in [-0.2, -0.15) is 0 Å². The molecule has 7 heteroatoms. The summed E-state index contributed by atoms with van der Waals surface area (Å²) in [4.78, 5) is 29.4. The van der Waals surface area contributed by atoms with Crippen LogP contribution in [0.2, 0.25) is 0 Å². The molecule has 2 aromatic rings. The van der Waals surface area contributed by atoms with Gasteiger partial charge in [-0.1, -0.05) is 17.8 Å². The maximum Gasteiger partial charge on any atom is 0.237 e. The van der Waals surface area contributed by atoms with Crippen LogP contribution >= 0.6 is 11.8 Å². The molecule has 0 aliphatic heterocycles. The van der Waals surface area contributed by atoms with Crippen molar-refractivity contribution in [2.45, 2.75) is 11.4 Å². The fourth-order valence-corrected chi connectivity index (χ4v) is 2.77. The quantitative estimate of drug-likeness (QED) is 0.741. The normalized spacial score (nSPS) is 10.2. The molecule has 1 aromatic carbocycles. The maximum absolute atomic E-state index is 12.6. The SMILES string of the molecule is COc1ccc(N(CCC(N)=O)C(=O)CSc2ccccn2)cc1. The number of nitrogens with zero attached hydrogens (tertiary/aromatic N) is 2. The minimum atomic E-state index is -0.446. The predicted molar refractivity (Wildman–Crippen MR) is 94.1 cm³/mol. The van der Waals surface area contributed by atoms with Gasteiger partial charge in [0.25, 0.3) is 0 Å². The summed E-state index contributed by atoms with van der Waals surface area (Å²) < 4.78 is 5.12. The summed E-state index contributed by atoms with van der Waals surface area (Å²) in [6.07, 6.45) is 1.78. The van der Waals surface area contributed by atoms with E-state index in [1.807, 2.05) is 18.2 Å². The molecule has 0 bridgehead atoms. The molecule has 0 radical (unpaired) electrons. The van der Waals surface area contributed by atoms with Gasteiger partial charge in [-0.25, -0.2) is 4.98 Å². The fourth-order valence-electron chi connectivity index (χ4n) is 2.03. The smallest absolute Gasteiger partial charge is 0.237 e. The molecular weight excluding hydrogens is 326 g/mol. The van der Waals surface area contributed by atoms with Gasteiger partial charge in [-0.05, 0) is 36.4 Å². The van der Waals surface area contributed by atoms with Gasteiger partial charge in [-0.15, -0.1) is 0 Å². The van der Waals surface area contributed by atoms with Crippen molar-refractivity contribution in [1.82, 2.24) is 4.98 Å². The molecule has 2 rings (SSSR count). The Morgan fingerprint density at radius 2 is 1.96 bits per heavy atom. The number of carbonyl (C=O) groups excluding carboxylic acids is 2. The molecule has 0 saturated heterocycles. The molecule has 0 saturated carbocycles. The highest BCUT2D eigenvalue weighted by molar-refractivity contribution is 7.99. The second-order valence-electron chi connectivity index (χ2n) is 4.92. The average Bonchev–Trinajstić information content (AvgIpc) is 2.61. The van der Waals surface area contributed by atoms with Crippen molar-refractivity contribution in [3.8, 4) is 5.75 Å². The van der Waals surface area contributed by atoms with Crippen LogP contribution in [0, 0.1) is 0 Å². The lowest BCUT2D eigenvalue weighted by Crippen LogP contribution is -2.35. The summed E-state index contributed by atoms with van der Waals surface area (Å²) in [7, 11) is 1.58. The molecular formula is C17H19N3O3S. The van der Waals surface area contributed by atoms with E-state index >= 15 is 0 Å². The van der Waals surface area contributed by atoms with E-state index in [9.17, 15) is 9.59 Å². The summed E-state index contributed by atoms with van der Waals surface area (Å²) in [6.45, 7) is 0.239. The molecule has 1 aromatic heterocycles. The van der Waals surface area contributed by atoms with Crippen molar-refractivity contribution in [3.05, 3.63) is 48.7 Å². The lowest BCUT2D eigenvalue weighted by atomic mass is 10.2. The molecule has 2 N–H and O–H groups in total. The summed E-state index contributed by atoms with van der Waals surface area (Å²) in [5.41, 5.74) is 5.92. The van der Waals surface area contributed by atoms with Crippen LogP contribution in [0.15, 0.2) is 53.7 Å². The van der Waals surface area contributed by atoms with Crippen LogP contribution in [0.1, 0.15) is 6.42 Å². The van der Waals surface area contributed by atoms with Crippen LogP contribution in [-0.4, -0.2) is 36.2 Å². The molecule has 0 spiro atoms. The van der Waals surface area contributed by atoms with Gasteiger partial charge >= 0.3 is 0 Å². The standard InChI is InChI=1S/C17H19N3O3S/c1-23-14-7-5-13(6-8-14)20(11-9-15(18)21)17(22)12-24-16-4-2-3-10-19-16/h2-8,10H,9,11-12H2,1H3,(H2,18,21). The summed E-state index contributed by atoms with van der Waals surface area (Å²) in [5, 5.41) is 0.774. The highest BCUT2D eigenvalue weighted by Crippen LogP contribution is 2.22. The zero-order chi connectivity index (χ0) is 17.4. The largest absolute Gasteiger partial charge is 0.497 e. The van der Waals surface area contributed by atoms with E-state index in [1.54, 1.807) is 42.5 Å². The Morgan fingerprint density at radius 1 is 1.21 bits per heavy atom. The second kappa shape index (κ2) is 8.93. The molecule has 0 fully saturated rings. The monoisotopic (exact) mass is 345 g/mol. The first-order chi connectivity index (χ1) is 11.6. The molecule has 0 atom stereocenters. The third kappa shape index (κ3) is 5.27. The number of anilines is 1. The van der Waals surface area contributed by atoms with E-state index in [0.717, 1.165) is 5.03 Å². The Kier molecular flexibility index (Phi) is 6.62. The number of ether oxygens (including phenoxy) is 1. The van der Waals surface area contributed by atoms with Crippen molar-refractivity contribution >= 4 is 29.3 Å². The number of aromatic nitrogens is 1. The molecule has 6 nitrogen and oxygen atoms in total. The zero-order valence-electron chi connectivity index (χ0n) is 13.3. The lowest BCUT2D eigenvalue weighted by molar-refractivity contribution is -0.118.